The van der Waals surface area contributed by atoms with Crippen molar-refractivity contribution in [2.45, 2.75) is 58.2 Å². The monoisotopic (exact) mass is 401 g/mol. The van der Waals surface area contributed by atoms with E-state index < -0.39 is 0 Å². The van der Waals surface area contributed by atoms with Crippen LogP contribution in [0.15, 0.2) is 29.6 Å². The molecule has 1 aliphatic carbocycles. The maximum Gasteiger partial charge on any atom is 0.278 e. The molecule has 2 heterocycles. The number of nitrogens with zero attached hydrogens (tertiary/aromatic N) is 1. The topological polar surface area (TPSA) is 55.4 Å². The first kappa shape index (κ1) is 19.3. The lowest BCUT2D eigenvalue weighted by molar-refractivity contribution is -0.682. The highest BCUT2D eigenvalue weighted by Gasteiger charge is 2.22. The lowest BCUT2D eigenvalue weighted by Gasteiger charge is -2.24. The Hall–Kier alpha value is -2.05. The molecule has 0 unspecified atom stereocenters. The van der Waals surface area contributed by atoms with E-state index in [4.69, 9.17) is 9.47 Å². The van der Waals surface area contributed by atoms with Gasteiger partial charge in [0.15, 0.2) is 18.0 Å². The van der Waals surface area contributed by atoms with Crippen LogP contribution in [0.4, 0.5) is 0 Å². The summed E-state index contributed by atoms with van der Waals surface area (Å²) in [5, 5.41) is 4.36. The number of ether oxygens (including phenoxy) is 2. The lowest BCUT2D eigenvalue weighted by Crippen LogP contribution is -2.92. The van der Waals surface area contributed by atoms with E-state index in [-0.39, 0.29) is 12.7 Å². The van der Waals surface area contributed by atoms with Gasteiger partial charge in [-0.15, -0.1) is 11.3 Å². The second-order valence-corrected chi connectivity index (χ2v) is 8.80. The molecule has 0 atom stereocenters. The van der Waals surface area contributed by atoms with E-state index in [1.54, 1.807) is 11.3 Å². The average molecular weight is 402 g/mol. The molecular formula is C22H29N2O3S+. The number of aryl methyl sites for hydroxylation is 1. The third kappa shape index (κ3) is 4.67. The first-order valence-corrected chi connectivity index (χ1v) is 11.1. The molecule has 150 valence electrons. The number of quaternary nitrogens is 1. The predicted octanol–water partition coefficient (Wildman–Crippen LogP) is 3.21. The Morgan fingerprint density at radius 2 is 1.96 bits per heavy atom. The SMILES string of the molecule is Cc1ccsc1CN(Cc1ccc2c(c1)OCO2)C(=O)C[NH2+]C1CCCCC1. The van der Waals surface area contributed by atoms with Crippen LogP contribution in [0.5, 0.6) is 11.5 Å². The third-order valence-corrected chi connectivity index (χ3v) is 6.75. The van der Waals surface area contributed by atoms with Crippen molar-refractivity contribution in [3.8, 4) is 11.5 Å². The standard InChI is InChI=1S/C22H28N2O3S/c1-16-9-10-28-21(16)14-24(22(25)12-23-18-5-3-2-4-6-18)13-17-7-8-19-20(11-17)27-15-26-19/h7-11,18,23H,2-6,12-15H2,1H3/p+1. The molecule has 5 nitrogen and oxygen atoms in total. The number of rotatable bonds is 7. The van der Waals surface area contributed by atoms with E-state index in [0.29, 0.717) is 25.7 Å². The van der Waals surface area contributed by atoms with Gasteiger partial charge in [0, 0.05) is 11.4 Å². The number of benzene rings is 1. The minimum Gasteiger partial charge on any atom is -0.454 e. The molecule has 1 aliphatic heterocycles. The normalized spacial score (nSPS) is 16.3. The molecule has 2 aromatic rings. The number of carbonyl (C=O) groups excluding carboxylic acids is 1. The zero-order valence-electron chi connectivity index (χ0n) is 16.5. The van der Waals surface area contributed by atoms with Crippen LogP contribution in [0, 0.1) is 6.92 Å². The highest BCUT2D eigenvalue weighted by Crippen LogP contribution is 2.33. The Bertz CT molecular complexity index is 814. The predicted molar refractivity (Wildman–Crippen MR) is 110 cm³/mol. The van der Waals surface area contributed by atoms with Gasteiger partial charge in [0.1, 0.15) is 0 Å². The Morgan fingerprint density at radius 1 is 1.14 bits per heavy atom. The number of amides is 1. The molecule has 1 amide bonds. The maximum absolute atomic E-state index is 13.1. The first-order valence-electron chi connectivity index (χ1n) is 10.2. The molecule has 1 saturated carbocycles. The molecule has 1 fully saturated rings. The minimum atomic E-state index is 0.205. The summed E-state index contributed by atoms with van der Waals surface area (Å²) in [5.41, 5.74) is 2.33. The van der Waals surface area contributed by atoms with Crippen molar-refractivity contribution >= 4 is 17.2 Å². The molecule has 0 spiro atoms. The molecule has 1 aromatic heterocycles. The van der Waals surface area contributed by atoms with Gasteiger partial charge >= 0.3 is 0 Å². The van der Waals surface area contributed by atoms with Crippen molar-refractivity contribution in [2.24, 2.45) is 0 Å². The molecule has 6 heteroatoms. The third-order valence-electron chi connectivity index (χ3n) is 5.74. The fraction of sp³-hybridized carbons (Fsp3) is 0.500. The fourth-order valence-electron chi connectivity index (χ4n) is 4.00. The second kappa shape index (κ2) is 8.97. The molecular weight excluding hydrogens is 372 g/mol. The van der Waals surface area contributed by atoms with Crippen molar-refractivity contribution in [1.29, 1.82) is 0 Å². The van der Waals surface area contributed by atoms with Crippen LogP contribution in [0.2, 0.25) is 0 Å². The van der Waals surface area contributed by atoms with Gasteiger partial charge in [-0.3, -0.25) is 4.79 Å². The molecule has 2 N–H and O–H groups in total. The van der Waals surface area contributed by atoms with Gasteiger partial charge in [-0.1, -0.05) is 12.5 Å². The van der Waals surface area contributed by atoms with E-state index in [1.807, 2.05) is 23.1 Å². The number of thiophene rings is 1. The lowest BCUT2D eigenvalue weighted by atomic mass is 9.95. The number of carbonyl (C=O) groups is 1. The van der Waals surface area contributed by atoms with E-state index in [9.17, 15) is 4.79 Å². The van der Waals surface area contributed by atoms with Crippen LogP contribution < -0.4 is 14.8 Å². The number of hydrogen-bond acceptors (Lipinski definition) is 4. The van der Waals surface area contributed by atoms with Crippen LogP contribution >= 0.6 is 11.3 Å². The Balaban J connectivity index is 1.44. The summed E-state index contributed by atoms with van der Waals surface area (Å²) in [6.45, 7) is 4.16. The van der Waals surface area contributed by atoms with E-state index in [2.05, 4.69) is 23.7 Å². The van der Waals surface area contributed by atoms with Crippen LogP contribution in [-0.4, -0.2) is 30.2 Å². The van der Waals surface area contributed by atoms with Gasteiger partial charge in [0.05, 0.1) is 12.6 Å². The zero-order valence-corrected chi connectivity index (χ0v) is 17.3. The maximum atomic E-state index is 13.1. The Labute approximate surface area is 170 Å². The van der Waals surface area contributed by atoms with Crippen LogP contribution in [0.25, 0.3) is 0 Å². The highest BCUT2D eigenvalue weighted by molar-refractivity contribution is 7.10. The minimum absolute atomic E-state index is 0.205. The van der Waals surface area contributed by atoms with E-state index in [0.717, 1.165) is 17.1 Å². The number of nitrogens with two attached hydrogens (primary N) is 1. The molecule has 0 saturated heterocycles. The van der Waals surface area contributed by atoms with E-state index in [1.165, 1.54) is 42.5 Å². The quantitative estimate of drug-likeness (QED) is 0.775. The Morgan fingerprint density at radius 3 is 2.75 bits per heavy atom. The summed E-state index contributed by atoms with van der Waals surface area (Å²) in [5.74, 6) is 1.75. The molecule has 0 bridgehead atoms. The average Bonchev–Trinajstić information content (AvgIpc) is 3.35. The first-order chi connectivity index (χ1) is 13.7. The zero-order chi connectivity index (χ0) is 19.3. The second-order valence-electron chi connectivity index (χ2n) is 7.80. The van der Waals surface area contributed by atoms with Gasteiger partial charge in [0.25, 0.3) is 5.91 Å². The van der Waals surface area contributed by atoms with Crippen LogP contribution in [0.1, 0.15) is 48.1 Å². The largest absolute Gasteiger partial charge is 0.454 e. The Kier molecular flexibility index (Phi) is 6.17. The number of fused-ring (bicyclic) bond motifs is 1. The smallest absolute Gasteiger partial charge is 0.278 e. The molecule has 4 rings (SSSR count). The summed E-state index contributed by atoms with van der Waals surface area (Å²) >= 11 is 1.72. The molecule has 1 aromatic carbocycles. The van der Waals surface area contributed by atoms with Crippen molar-refractivity contribution in [3.05, 3.63) is 45.6 Å². The molecule has 2 aliphatic rings. The summed E-state index contributed by atoms with van der Waals surface area (Å²) in [6.07, 6.45) is 6.40. The number of hydrogen-bond donors (Lipinski definition) is 1. The summed E-state index contributed by atoms with van der Waals surface area (Å²) < 4.78 is 10.9. The van der Waals surface area contributed by atoms with Gasteiger partial charge in [-0.2, -0.15) is 0 Å². The van der Waals surface area contributed by atoms with Gasteiger partial charge in [-0.05, 0) is 67.3 Å². The van der Waals surface area contributed by atoms with Gasteiger partial charge < -0.3 is 19.7 Å². The molecule has 0 radical (unpaired) electrons. The van der Waals surface area contributed by atoms with Crippen molar-refractivity contribution in [2.75, 3.05) is 13.3 Å². The van der Waals surface area contributed by atoms with Crippen LogP contribution in [-0.2, 0) is 17.9 Å². The van der Waals surface area contributed by atoms with Crippen molar-refractivity contribution in [3.63, 3.8) is 0 Å². The van der Waals surface area contributed by atoms with Crippen molar-refractivity contribution < 1.29 is 19.6 Å². The molecule has 28 heavy (non-hydrogen) atoms. The van der Waals surface area contributed by atoms with Gasteiger partial charge in [0.2, 0.25) is 6.79 Å². The van der Waals surface area contributed by atoms with Crippen molar-refractivity contribution in [1.82, 2.24) is 4.90 Å². The highest BCUT2D eigenvalue weighted by atomic mass is 32.1. The summed E-state index contributed by atoms with van der Waals surface area (Å²) in [4.78, 5) is 16.3. The van der Waals surface area contributed by atoms with Gasteiger partial charge in [-0.25, -0.2) is 0 Å². The summed E-state index contributed by atoms with van der Waals surface area (Å²) in [7, 11) is 0. The van der Waals surface area contributed by atoms with E-state index >= 15 is 0 Å². The fourth-order valence-corrected chi connectivity index (χ4v) is 4.92. The van der Waals surface area contributed by atoms with Crippen LogP contribution in [0.3, 0.4) is 0 Å². The summed E-state index contributed by atoms with van der Waals surface area (Å²) in [6, 6.07) is 8.69.